The fourth-order valence-electron chi connectivity index (χ4n) is 1.44. The number of fused-ring (bicyclic) bond motifs is 1. The van der Waals surface area contributed by atoms with Crippen molar-refractivity contribution in [2.75, 3.05) is 0 Å². The van der Waals surface area contributed by atoms with E-state index in [0.29, 0.717) is 16.5 Å². The summed E-state index contributed by atoms with van der Waals surface area (Å²) < 4.78 is 0. The lowest BCUT2D eigenvalue weighted by molar-refractivity contribution is -0.383. The summed E-state index contributed by atoms with van der Waals surface area (Å²) in [7, 11) is 0. The number of nitrogens with zero attached hydrogens (tertiary/aromatic N) is 1. The molecule has 0 atom stereocenters. The van der Waals surface area contributed by atoms with Gasteiger partial charge in [-0.3, -0.25) is 10.1 Å². The molecule has 0 heterocycles. The van der Waals surface area contributed by atoms with Crippen LogP contribution >= 0.6 is 0 Å². The number of hydrogen-bond acceptors (Lipinski definition) is 2. The summed E-state index contributed by atoms with van der Waals surface area (Å²) in [5.74, 6) is 0. The molecule has 0 saturated carbocycles. The van der Waals surface area contributed by atoms with Crippen LogP contribution in [0.3, 0.4) is 0 Å². The summed E-state index contributed by atoms with van der Waals surface area (Å²) in [4.78, 5) is 10.2. The Labute approximate surface area is 80.1 Å². The molecule has 14 heavy (non-hydrogen) atoms. The van der Waals surface area contributed by atoms with Crippen molar-refractivity contribution in [2.45, 2.75) is 0 Å². The van der Waals surface area contributed by atoms with Gasteiger partial charge in [0.15, 0.2) is 0 Å². The predicted molar refractivity (Wildman–Crippen MR) is 54.6 cm³/mol. The van der Waals surface area contributed by atoms with Crippen molar-refractivity contribution in [3.63, 3.8) is 0 Å². The maximum atomic E-state index is 10.7. The van der Waals surface area contributed by atoms with E-state index in [4.69, 9.17) is 5.73 Å². The Balaban J connectivity index is 2.88. The van der Waals surface area contributed by atoms with Gasteiger partial charge in [0.1, 0.15) is 0 Å². The number of nitro groups is 1. The minimum Gasteiger partial charge on any atom is -0.698 e. The lowest BCUT2D eigenvalue weighted by Crippen LogP contribution is -1.88. The van der Waals surface area contributed by atoms with Crippen LogP contribution in [0.2, 0.25) is 0 Å². The second-order valence-corrected chi connectivity index (χ2v) is 2.93. The summed E-state index contributed by atoms with van der Waals surface area (Å²) in [6.45, 7) is 0. The zero-order chi connectivity index (χ0) is 10.1. The lowest BCUT2D eigenvalue weighted by Gasteiger charge is -2.07. The summed E-state index contributed by atoms with van der Waals surface area (Å²) in [5.41, 5.74) is 7.94. The second kappa shape index (κ2) is 2.99. The van der Waals surface area contributed by atoms with Crippen LogP contribution in [-0.4, -0.2) is 4.92 Å². The van der Waals surface area contributed by atoms with Gasteiger partial charge in [-0.2, -0.15) is 0 Å². The predicted octanol–water partition coefficient (Wildman–Crippen LogP) is 3.43. The molecular formula is C10H7N2O2-. The van der Waals surface area contributed by atoms with Crippen molar-refractivity contribution in [1.82, 2.24) is 0 Å². The number of rotatable bonds is 1. The van der Waals surface area contributed by atoms with Gasteiger partial charge in [0.25, 0.3) is 5.69 Å². The van der Waals surface area contributed by atoms with E-state index in [1.165, 1.54) is 12.1 Å². The third-order valence-electron chi connectivity index (χ3n) is 2.10. The molecule has 0 unspecified atom stereocenters. The van der Waals surface area contributed by atoms with Crippen molar-refractivity contribution in [3.05, 3.63) is 52.2 Å². The van der Waals surface area contributed by atoms with Gasteiger partial charge < -0.3 is 5.73 Å². The third-order valence-corrected chi connectivity index (χ3v) is 2.10. The van der Waals surface area contributed by atoms with Gasteiger partial charge in [-0.15, -0.1) is 5.69 Å². The molecule has 0 aliphatic carbocycles. The summed E-state index contributed by atoms with van der Waals surface area (Å²) >= 11 is 0. The van der Waals surface area contributed by atoms with Crippen LogP contribution in [-0.2, 0) is 0 Å². The van der Waals surface area contributed by atoms with E-state index in [-0.39, 0.29) is 5.69 Å². The van der Waals surface area contributed by atoms with E-state index in [1.54, 1.807) is 24.3 Å². The Morgan fingerprint density at radius 3 is 2.36 bits per heavy atom. The van der Waals surface area contributed by atoms with Crippen LogP contribution in [0.1, 0.15) is 0 Å². The highest BCUT2D eigenvalue weighted by molar-refractivity contribution is 5.99. The first-order valence-electron chi connectivity index (χ1n) is 4.08. The van der Waals surface area contributed by atoms with Crippen LogP contribution in [0.4, 0.5) is 11.4 Å². The van der Waals surface area contributed by atoms with Crippen molar-refractivity contribution in [2.24, 2.45) is 0 Å². The number of non-ortho nitro benzene ring substituents is 1. The highest BCUT2D eigenvalue weighted by Crippen LogP contribution is 2.31. The fraction of sp³-hybridized carbons (Fsp3) is 0. The minimum atomic E-state index is -0.429. The van der Waals surface area contributed by atoms with Crippen LogP contribution in [0.15, 0.2) is 36.4 Å². The summed E-state index contributed by atoms with van der Waals surface area (Å²) in [6, 6.07) is 9.68. The molecule has 0 aromatic heterocycles. The quantitative estimate of drug-likeness (QED) is 0.507. The Morgan fingerprint density at radius 1 is 1.07 bits per heavy atom. The first-order valence-corrected chi connectivity index (χ1v) is 4.08. The zero-order valence-electron chi connectivity index (χ0n) is 7.23. The Morgan fingerprint density at radius 2 is 1.71 bits per heavy atom. The lowest BCUT2D eigenvalue weighted by atomic mass is 10.1. The number of nitrogens with one attached hydrogen (secondary N) is 1. The molecule has 2 rings (SSSR count). The largest absolute Gasteiger partial charge is 0.698 e. The molecule has 0 aliphatic rings. The van der Waals surface area contributed by atoms with Crippen molar-refractivity contribution >= 4 is 22.1 Å². The molecular weight excluding hydrogens is 180 g/mol. The van der Waals surface area contributed by atoms with Crippen molar-refractivity contribution in [3.8, 4) is 0 Å². The number of benzene rings is 2. The topological polar surface area (TPSA) is 66.9 Å². The first kappa shape index (κ1) is 8.50. The Bertz CT molecular complexity index is 508. The van der Waals surface area contributed by atoms with Crippen LogP contribution in [0, 0.1) is 10.1 Å². The molecule has 0 aliphatic heterocycles. The standard InChI is InChI=1S/C10H7N2O2/c11-9-5-6-10(12(13)14)8-4-2-1-3-7(8)9/h1-6,11H/q-1. The summed E-state index contributed by atoms with van der Waals surface area (Å²) in [5, 5.41) is 11.8. The Kier molecular flexibility index (Phi) is 1.81. The third kappa shape index (κ3) is 1.17. The van der Waals surface area contributed by atoms with E-state index in [2.05, 4.69) is 0 Å². The molecule has 0 saturated heterocycles. The van der Waals surface area contributed by atoms with E-state index in [0.717, 1.165) is 0 Å². The molecule has 70 valence electrons. The molecule has 0 bridgehead atoms. The van der Waals surface area contributed by atoms with Gasteiger partial charge in [0, 0.05) is 6.07 Å². The number of nitro benzene ring substituents is 1. The van der Waals surface area contributed by atoms with Crippen LogP contribution in [0.5, 0.6) is 0 Å². The normalized spacial score (nSPS) is 10.3. The first-order chi connectivity index (χ1) is 6.70. The average Bonchev–Trinajstić information content (AvgIpc) is 2.18. The molecule has 4 heteroatoms. The van der Waals surface area contributed by atoms with Crippen LogP contribution < -0.4 is 0 Å². The number of hydrogen-bond donors (Lipinski definition) is 0. The van der Waals surface area contributed by atoms with Gasteiger partial charge in [-0.05, 0) is 11.5 Å². The molecule has 0 amide bonds. The van der Waals surface area contributed by atoms with E-state index in [1.807, 2.05) is 0 Å². The summed E-state index contributed by atoms with van der Waals surface area (Å²) in [6.07, 6.45) is 0. The second-order valence-electron chi connectivity index (χ2n) is 2.93. The van der Waals surface area contributed by atoms with E-state index < -0.39 is 4.92 Å². The van der Waals surface area contributed by atoms with Gasteiger partial charge in [-0.1, -0.05) is 24.3 Å². The monoisotopic (exact) mass is 187 g/mol. The highest BCUT2D eigenvalue weighted by Gasteiger charge is 2.09. The zero-order valence-corrected chi connectivity index (χ0v) is 7.23. The molecule has 4 nitrogen and oxygen atoms in total. The molecule has 0 fully saturated rings. The van der Waals surface area contributed by atoms with Crippen molar-refractivity contribution in [1.29, 1.82) is 0 Å². The van der Waals surface area contributed by atoms with Gasteiger partial charge in [0.2, 0.25) is 0 Å². The SMILES string of the molecule is [NH-]c1ccc([N+](=O)[O-])c2ccccc12. The van der Waals surface area contributed by atoms with Gasteiger partial charge in [0.05, 0.1) is 10.3 Å². The molecule has 2 aromatic rings. The Hall–Kier alpha value is -2.10. The van der Waals surface area contributed by atoms with Crippen molar-refractivity contribution < 1.29 is 4.92 Å². The maximum Gasteiger partial charge on any atom is 0.277 e. The molecule has 0 spiro atoms. The van der Waals surface area contributed by atoms with Crippen LogP contribution in [0.25, 0.3) is 16.5 Å². The maximum absolute atomic E-state index is 10.7. The fourth-order valence-corrected chi connectivity index (χ4v) is 1.44. The molecule has 1 N–H and O–H groups in total. The highest BCUT2D eigenvalue weighted by atomic mass is 16.6. The van der Waals surface area contributed by atoms with E-state index in [9.17, 15) is 10.1 Å². The molecule has 0 radical (unpaired) electrons. The smallest absolute Gasteiger partial charge is 0.277 e. The minimum absolute atomic E-state index is 0.0524. The van der Waals surface area contributed by atoms with Gasteiger partial charge >= 0.3 is 0 Å². The van der Waals surface area contributed by atoms with E-state index >= 15 is 0 Å². The average molecular weight is 187 g/mol. The molecule has 2 aromatic carbocycles. The van der Waals surface area contributed by atoms with Gasteiger partial charge in [-0.25, -0.2) is 0 Å².